The second-order valence-corrected chi connectivity index (χ2v) is 7.45. The molecule has 0 spiro atoms. The molecule has 0 N–H and O–H groups in total. The van der Waals surface area contributed by atoms with Gasteiger partial charge in [0.15, 0.2) is 6.10 Å². The Labute approximate surface area is 174 Å². The number of hydrogen-bond acceptors (Lipinski definition) is 2. The standard InChI is InChI=1S/C26H29NO2/c1-4-24(29-25-17-20(2)15-16-21(25)3)26(28)27(18-22-11-7-5-8-12-22)19-23-13-9-6-10-14-23/h5-17,24H,4,18-19H2,1-3H3. The SMILES string of the molecule is CCC(Oc1cc(C)ccc1C)C(=O)N(Cc1ccccc1)Cc1ccccc1. The summed E-state index contributed by atoms with van der Waals surface area (Å²) in [5.74, 6) is 0.797. The van der Waals surface area contributed by atoms with Crippen LogP contribution in [0.4, 0.5) is 0 Å². The number of rotatable bonds is 8. The van der Waals surface area contributed by atoms with Crippen LogP contribution in [0.15, 0.2) is 78.9 Å². The monoisotopic (exact) mass is 387 g/mol. The molecular weight excluding hydrogens is 358 g/mol. The Balaban J connectivity index is 1.83. The third-order valence-corrected chi connectivity index (χ3v) is 5.00. The van der Waals surface area contributed by atoms with Crippen LogP contribution in [-0.4, -0.2) is 16.9 Å². The molecule has 0 fully saturated rings. The molecule has 0 saturated heterocycles. The number of hydrogen-bond donors (Lipinski definition) is 0. The summed E-state index contributed by atoms with van der Waals surface area (Å²) in [7, 11) is 0. The van der Waals surface area contributed by atoms with E-state index in [1.165, 1.54) is 0 Å². The maximum atomic E-state index is 13.5. The van der Waals surface area contributed by atoms with Gasteiger partial charge in [0.1, 0.15) is 5.75 Å². The van der Waals surface area contributed by atoms with Gasteiger partial charge in [0, 0.05) is 13.1 Å². The van der Waals surface area contributed by atoms with Crippen molar-refractivity contribution in [3.05, 3.63) is 101 Å². The van der Waals surface area contributed by atoms with Gasteiger partial charge in [0.2, 0.25) is 0 Å². The molecule has 0 aliphatic rings. The van der Waals surface area contributed by atoms with Crippen molar-refractivity contribution in [1.29, 1.82) is 0 Å². The van der Waals surface area contributed by atoms with Crippen LogP contribution in [0.3, 0.4) is 0 Å². The van der Waals surface area contributed by atoms with Gasteiger partial charge in [0.05, 0.1) is 0 Å². The fourth-order valence-corrected chi connectivity index (χ4v) is 3.32. The van der Waals surface area contributed by atoms with E-state index in [1.807, 2.05) is 74.2 Å². The summed E-state index contributed by atoms with van der Waals surface area (Å²) < 4.78 is 6.20. The fraction of sp³-hybridized carbons (Fsp3) is 0.269. The molecule has 0 aromatic heterocycles. The highest BCUT2D eigenvalue weighted by atomic mass is 16.5. The van der Waals surface area contributed by atoms with Gasteiger partial charge in [-0.2, -0.15) is 0 Å². The van der Waals surface area contributed by atoms with Crippen molar-refractivity contribution in [2.75, 3.05) is 0 Å². The Morgan fingerprint density at radius 3 is 1.93 bits per heavy atom. The molecule has 3 heteroatoms. The molecule has 3 nitrogen and oxygen atoms in total. The lowest BCUT2D eigenvalue weighted by atomic mass is 10.1. The predicted octanol–water partition coefficient (Wildman–Crippen LogP) is 5.69. The minimum Gasteiger partial charge on any atom is -0.480 e. The molecule has 0 radical (unpaired) electrons. The quantitative estimate of drug-likeness (QED) is 0.497. The van der Waals surface area contributed by atoms with Crippen molar-refractivity contribution < 1.29 is 9.53 Å². The van der Waals surface area contributed by atoms with Crippen LogP contribution in [0.25, 0.3) is 0 Å². The minimum absolute atomic E-state index is 0.0149. The highest BCUT2D eigenvalue weighted by Crippen LogP contribution is 2.23. The van der Waals surface area contributed by atoms with E-state index in [2.05, 4.69) is 30.3 Å². The fourth-order valence-electron chi connectivity index (χ4n) is 3.32. The van der Waals surface area contributed by atoms with Gasteiger partial charge in [0.25, 0.3) is 5.91 Å². The van der Waals surface area contributed by atoms with Crippen LogP contribution >= 0.6 is 0 Å². The van der Waals surface area contributed by atoms with E-state index in [0.29, 0.717) is 19.5 Å². The van der Waals surface area contributed by atoms with Gasteiger partial charge >= 0.3 is 0 Å². The van der Waals surface area contributed by atoms with Crippen LogP contribution in [-0.2, 0) is 17.9 Å². The molecule has 1 amide bonds. The Kier molecular flexibility index (Phi) is 7.07. The lowest BCUT2D eigenvalue weighted by Crippen LogP contribution is -2.41. The number of carbonyl (C=O) groups is 1. The summed E-state index contributed by atoms with van der Waals surface area (Å²) in [4.78, 5) is 15.4. The molecule has 29 heavy (non-hydrogen) atoms. The molecule has 0 heterocycles. The number of nitrogens with zero attached hydrogens (tertiary/aromatic N) is 1. The van der Waals surface area contributed by atoms with Crippen molar-refractivity contribution in [1.82, 2.24) is 4.90 Å². The van der Waals surface area contributed by atoms with E-state index in [0.717, 1.165) is 28.0 Å². The van der Waals surface area contributed by atoms with E-state index >= 15 is 0 Å². The second kappa shape index (κ2) is 9.92. The van der Waals surface area contributed by atoms with E-state index in [4.69, 9.17) is 4.74 Å². The van der Waals surface area contributed by atoms with Crippen molar-refractivity contribution in [3.63, 3.8) is 0 Å². The number of ether oxygens (including phenoxy) is 1. The third kappa shape index (κ3) is 5.71. The number of benzene rings is 3. The van der Waals surface area contributed by atoms with Gasteiger partial charge in [-0.3, -0.25) is 4.79 Å². The number of aryl methyl sites for hydroxylation is 2. The van der Waals surface area contributed by atoms with Crippen LogP contribution in [0.1, 0.15) is 35.6 Å². The maximum absolute atomic E-state index is 13.5. The molecule has 1 unspecified atom stereocenters. The van der Waals surface area contributed by atoms with Crippen molar-refractivity contribution in [3.8, 4) is 5.75 Å². The van der Waals surface area contributed by atoms with Crippen LogP contribution in [0, 0.1) is 13.8 Å². The molecular formula is C26H29NO2. The lowest BCUT2D eigenvalue weighted by molar-refractivity contribution is -0.140. The van der Waals surface area contributed by atoms with E-state index in [9.17, 15) is 4.79 Å². The Bertz CT molecular complexity index is 880. The van der Waals surface area contributed by atoms with Crippen LogP contribution < -0.4 is 4.74 Å². The Hall–Kier alpha value is -3.07. The average molecular weight is 388 g/mol. The van der Waals surface area contributed by atoms with E-state index in [1.54, 1.807) is 0 Å². The first kappa shape index (κ1) is 20.7. The first-order valence-corrected chi connectivity index (χ1v) is 10.2. The molecule has 3 aromatic rings. The molecule has 1 atom stereocenters. The highest BCUT2D eigenvalue weighted by molar-refractivity contribution is 5.81. The van der Waals surface area contributed by atoms with Gasteiger partial charge in [-0.05, 0) is 48.6 Å². The molecule has 0 saturated carbocycles. The largest absolute Gasteiger partial charge is 0.480 e. The summed E-state index contributed by atoms with van der Waals surface area (Å²) in [6.45, 7) is 7.16. The summed E-state index contributed by atoms with van der Waals surface area (Å²) in [5.41, 5.74) is 4.38. The predicted molar refractivity (Wildman–Crippen MR) is 118 cm³/mol. The highest BCUT2D eigenvalue weighted by Gasteiger charge is 2.25. The zero-order valence-electron chi connectivity index (χ0n) is 17.5. The van der Waals surface area contributed by atoms with Crippen LogP contribution in [0.5, 0.6) is 5.75 Å². The first-order valence-electron chi connectivity index (χ1n) is 10.2. The molecule has 3 aromatic carbocycles. The summed E-state index contributed by atoms with van der Waals surface area (Å²) >= 11 is 0. The Morgan fingerprint density at radius 2 is 1.41 bits per heavy atom. The van der Waals surface area contributed by atoms with Gasteiger partial charge in [-0.1, -0.05) is 79.7 Å². The topological polar surface area (TPSA) is 29.5 Å². The van der Waals surface area contributed by atoms with Gasteiger partial charge in [-0.15, -0.1) is 0 Å². The third-order valence-electron chi connectivity index (χ3n) is 5.00. The molecule has 150 valence electrons. The normalized spacial score (nSPS) is 11.7. The van der Waals surface area contributed by atoms with Crippen molar-refractivity contribution >= 4 is 5.91 Å². The molecule has 0 aliphatic carbocycles. The first-order chi connectivity index (χ1) is 14.1. The summed E-state index contributed by atoms with van der Waals surface area (Å²) in [5, 5.41) is 0. The van der Waals surface area contributed by atoms with Gasteiger partial charge < -0.3 is 9.64 Å². The summed E-state index contributed by atoms with van der Waals surface area (Å²) in [6, 6.07) is 26.3. The van der Waals surface area contributed by atoms with Crippen LogP contribution in [0.2, 0.25) is 0 Å². The lowest BCUT2D eigenvalue weighted by Gasteiger charge is -2.28. The summed E-state index contributed by atoms with van der Waals surface area (Å²) in [6.07, 6.45) is 0.106. The zero-order valence-corrected chi connectivity index (χ0v) is 17.5. The molecule has 3 rings (SSSR count). The molecule has 0 bridgehead atoms. The zero-order chi connectivity index (χ0) is 20.6. The maximum Gasteiger partial charge on any atom is 0.264 e. The van der Waals surface area contributed by atoms with E-state index in [-0.39, 0.29) is 5.91 Å². The van der Waals surface area contributed by atoms with Crippen molar-refractivity contribution in [2.24, 2.45) is 0 Å². The molecule has 0 aliphatic heterocycles. The smallest absolute Gasteiger partial charge is 0.264 e. The second-order valence-electron chi connectivity index (χ2n) is 7.45. The van der Waals surface area contributed by atoms with Crippen molar-refractivity contribution in [2.45, 2.75) is 46.4 Å². The van der Waals surface area contributed by atoms with E-state index < -0.39 is 6.10 Å². The van der Waals surface area contributed by atoms with Gasteiger partial charge in [-0.25, -0.2) is 0 Å². The Morgan fingerprint density at radius 1 is 0.862 bits per heavy atom. The average Bonchev–Trinajstić information content (AvgIpc) is 2.75. The number of amides is 1. The minimum atomic E-state index is -0.511. The number of carbonyl (C=O) groups excluding carboxylic acids is 1.